The molecule has 5 rings (SSSR count). The topological polar surface area (TPSA) is 85.4 Å². The molecule has 0 saturated carbocycles. The van der Waals surface area contributed by atoms with Crippen LogP contribution in [0.3, 0.4) is 0 Å². The molecule has 3 heterocycles. The third-order valence-electron chi connectivity index (χ3n) is 6.51. The quantitative estimate of drug-likeness (QED) is 0.439. The normalized spacial score (nSPS) is 16.6. The molecule has 0 radical (unpaired) electrons. The molecule has 1 aliphatic carbocycles. The number of aromatic nitrogens is 5. The fourth-order valence-electron chi connectivity index (χ4n) is 4.97. The summed E-state index contributed by atoms with van der Waals surface area (Å²) in [5, 5.41) is 4.73. The predicted octanol–water partition coefficient (Wildman–Crippen LogP) is 5.41. The average Bonchev–Trinajstić information content (AvgIpc) is 3.24. The Labute approximate surface area is 182 Å². The number of imidazole rings is 1. The van der Waals surface area contributed by atoms with Crippen LogP contribution in [0.1, 0.15) is 67.7 Å². The maximum atomic E-state index is 6.41. The standard InChI is InChI=1S/C25H30N6/c1-14(2)31-16(4)22(15(3)30-31)24-28-23-20(11-12-27-25(23)29-24)18-9-10-19-17(13-18)7-5-6-8-21(19)26/h9-14,21H,5-8,26H2,1-4H3,(H,27,28,29)/t21-/m1/s1. The molecule has 1 aliphatic rings. The Kier molecular flexibility index (Phi) is 4.89. The van der Waals surface area contributed by atoms with Gasteiger partial charge in [-0.2, -0.15) is 5.10 Å². The highest BCUT2D eigenvalue weighted by molar-refractivity contribution is 5.91. The minimum Gasteiger partial charge on any atom is -0.336 e. The summed E-state index contributed by atoms with van der Waals surface area (Å²) < 4.78 is 2.06. The van der Waals surface area contributed by atoms with Crippen LogP contribution in [0.2, 0.25) is 0 Å². The molecule has 0 fully saturated rings. The minimum absolute atomic E-state index is 0.145. The number of nitrogens with zero attached hydrogens (tertiary/aromatic N) is 4. The molecule has 0 bridgehead atoms. The highest BCUT2D eigenvalue weighted by Gasteiger charge is 2.21. The van der Waals surface area contributed by atoms with Gasteiger partial charge in [-0.3, -0.25) is 4.68 Å². The van der Waals surface area contributed by atoms with Crippen molar-refractivity contribution < 1.29 is 0 Å². The summed E-state index contributed by atoms with van der Waals surface area (Å²) in [6.07, 6.45) is 6.39. The summed E-state index contributed by atoms with van der Waals surface area (Å²) in [5.74, 6) is 0.827. The summed E-state index contributed by atoms with van der Waals surface area (Å²) in [6.45, 7) is 8.43. The van der Waals surface area contributed by atoms with Gasteiger partial charge in [0.25, 0.3) is 0 Å². The molecule has 0 aliphatic heterocycles. The summed E-state index contributed by atoms with van der Waals surface area (Å²) in [7, 11) is 0. The van der Waals surface area contributed by atoms with Crippen molar-refractivity contribution in [3.8, 4) is 22.5 Å². The number of nitrogens with two attached hydrogens (primary N) is 1. The molecule has 6 nitrogen and oxygen atoms in total. The van der Waals surface area contributed by atoms with Gasteiger partial charge in [0.15, 0.2) is 5.65 Å². The maximum absolute atomic E-state index is 6.41. The van der Waals surface area contributed by atoms with Gasteiger partial charge in [-0.15, -0.1) is 0 Å². The van der Waals surface area contributed by atoms with E-state index in [2.05, 4.69) is 59.7 Å². The average molecular weight is 415 g/mol. The number of rotatable bonds is 3. The first-order chi connectivity index (χ1) is 14.9. The van der Waals surface area contributed by atoms with Crippen molar-refractivity contribution in [1.82, 2.24) is 24.7 Å². The first-order valence-electron chi connectivity index (χ1n) is 11.2. The molecular formula is C25H30N6. The van der Waals surface area contributed by atoms with Gasteiger partial charge in [0.1, 0.15) is 5.82 Å². The molecule has 6 heteroatoms. The molecule has 0 spiro atoms. The van der Waals surface area contributed by atoms with Crippen molar-refractivity contribution in [3.05, 3.63) is 53.0 Å². The van der Waals surface area contributed by atoms with E-state index in [0.717, 1.165) is 52.3 Å². The van der Waals surface area contributed by atoms with E-state index in [-0.39, 0.29) is 6.04 Å². The Balaban J connectivity index is 1.63. The summed E-state index contributed by atoms with van der Waals surface area (Å²) >= 11 is 0. The molecule has 3 N–H and O–H groups in total. The van der Waals surface area contributed by atoms with Crippen molar-refractivity contribution in [2.45, 2.75) is 65.5 Å². The molecule has 160 valence electrons. The van der Waals surface area contributed by atoms with Gasteiger partial charge < -0.3 is 10.7 Å². The van der Waals surface area contributed by atoms with E-state index in [9.17, 15) is 0 Å². The van der Waals surface area contributed by atoms with Gasteiger partial charge in [0, 0.05) is 29.5 Å². The fraction of sp³-hybridized carbons (Fsp3) is 0.400. The zero-order valence-electron chi connectivity index (χ0n) is 18.7. The predicted molar refractivity (Wildman–Crippen MR) is 125 cm³/mol. The zero-order chi connectivity index (χ0) is 21.7. The number of hydrogen-bond acceptors (Lipinski definition) is 4. The second-order valence-electron chi connectivity index (χ2n) is 8.99. The molecular weight excluding hydrogens is 384 g/mol. The van der Waals surface area contributed by atoms with Gasteiger partial charge in [0.2, 0.25) is 0 Å². The van der Waals surface area contributed by atoms with Crippen LogP contribution in [0.5, 0.6) is 0 Å². The molecule has 0 saturated heterocycles. The monoisotopic (exact) mass is 414 g/mol. The van der Waals surface area contributed by atoms with Crippen LogP contribution in [0.15, 0.2) is 30.5 Å². The lowest BCUT2D eigenvalue weighted by Gasteiger charge is -2.14. The van der Waals surface area contributed by atoms with Gasteiger partial charge in [-0.1, -0.05) is 24.6 Å². The minimum atomic E-state index is 0.145. The van der Waals surface area contributed by atoms with Crippen molar-refractivity contribution >= 4 is 11.2 Å². The molecule has 1 aromatic carbocycles. The van der Waals surface area contributed by atoms with Gasteiger partial charge in [0.05, 0.1) is 16.8 Å². The number of aryl methyl sites for hydroxylation is 2. The van der Waals surface area contributed by atoms with Crippen LogP contribution in [-0.4, -0.2) is 24.7 Å². The maximum Gasteiger partial charge on any atom is 0.178 e. The summed E-state index contributed by atoms with van der Waals surface area (Å²) in [4.78, 5) is 12.9. The first kappa shape index (κ1) is 19.9. The highest BCUT2D eigenvalue weighted by Crippen LogP contribution is 2.34. The van der Waals surface area contributed by atoms with Crippen LogP contribution < -0.4 is 5.73 Å². The van der Waals surface area contributed by atoms with E-state index in [4.69, 9.17) is 15.8 Å². The van der Waals surface area contributed by atoms with Gasteiger partial charge in [-0.05, 0) is 69.7 Å². The van der Waals surface area contributed by atoms with E-state index >= 15 is 0 Å². The van der Waals surface area contributed by atoms with E-state index < -0.39 is 0 Å². The highest BCUT2D eigenvalue weighted by atomic mass is 15.3. The molecule has 31 heavy (non-hydrogen) atoms. The first-order valence-corrected chi connectivity index (χ1v) is 11.2. The van der Waals surface area contributed by atoms with E-state index in [0.29, 0.717) is 6.04 Å². The molecule has 4 aromatic rings. The van der Waals surface area contributed by atoms with Crippen molar-refractivity contribution in [1.29, 1.82) is 0 Å². The molecule has 3 aromatic heterocycles. The smallest absolute Gasteiger partial charge is 0.178 e. The van der Waals surface area contributed by atoms with Crippen molar-refractivity contribution in [2.24, 2.45) is 5.73 Å². The van der Waals surface area contributed by atoms with Crippen LogP contribution in [0.4, 0.5) is 0 Å². The Morgan fingerprint density at radius 1 is 1.16 bits per heavy atom. The number of aromatic amines is 1. The Hall–Kier alpha value is -2.99. The second kappa shape index (κ2) is 7.61. The number of fused-ring (bicyclic) bond motifs is 2. The van der Waals surface area contributed by atoms with Gasteiger partial charge >= 0.3 is 0 Å². The summed E-state index contributed by atoms with van der Waals surface area (Å²) in [5.41, 5.74) is 16.2. The van der Waals surface area contributed by atoms with E-state index in [1.54, 1.807) is 0 Å². The van der Waals surface area contributed by atoms with E-state index in [1.165, 1.54) is 29.5 Å². The number of H-pyrrole nitrogens is 1. The largest absolute Gasteiger partial charge is 0.336 e. The van der Waals surface area contributed by atoms with Crippen molar-refractivity contribution in [3.63, 3.8) is 0 Å². The number of benzene rings is 1. The van der Waals surface area contributed by atoms with Crippen molar-refractivity contribution in [2.75, 3.05) is 0 Å². The lowest BCUT2D eigenvalue weighted by atomic mass is 9.94. The van der Waals surface area contributed by atoms with Crippen LogP contribution >= 0.6 is 0 Å². The van der Waals surface area contributed by atoms with Crippen LogP contribution in [0.25, 0.3) is 33.7 Å². The number of pyridine rings is 1. The third-order valence-corrected chi connectivity index (χ3v) is 6.51. The zero-order valence-corrected chi connectivity index (χ0v) is 18.7. The van der Waals surface area contributed by atoms with Crippen LogP contribution in [-0.2, 0) is 6.42 Å². The fourth-order valence-corrected chi connectivity index (χ4v) is 4.97. The molecule has 0 unspecified atom stereocenters. The molecule has 1 atom stereocenters. The Morgan fingerprint density at radius 3 is 2.77 bits per heavy atom. The summed E-state index contributed by atoms with van der Waals surface area (Å²) in [6, 6.07) is 9.23. The third kappa shape index (κ3) is 3.35. The lowest BCUT2D eigenvalue weighted by Crippen LogP contribution is -2.10. The Morgan fingerprint density at radius 2 is 2.00 bits per heavy atom. The number of nitrogens with one attached hydrogen (secondary N) is 1. The Bertz CT molecular complexity index is 1260. The lowest BCUT2D eigenvalue weighted by molar-refractivity contribution is 0.516. The second-order valence-corrected chi connectivity index (χ2v) is 8.99. The van der Waals surface area contributed by atoms with E-state index in [1.807, 2.05) is 13.1 Å². The SMILES string of the molecule is Cc1nn(C(C)C)c(C)c1-c1nc2nccc(-c3ccc4c(c3)CCCC[C@H]4N)c2[nH]1. The van der Waals surface area contributed by atoms with Gasteiger partial charge in [-0.25, -0.2) is 9.97 Å². The van der Waals surface area contributed by atoms with Crippen LogP contribution in [0, 0.1) is 13.8 Å². The number of hydrogen-bond donors (Lipinski definition) is 2. The molecule has 0 amide bonds.